The Hall–Kier alpha value is -2.66. The lowest BCUT2D eigenvalue weighted by molar-refractivity contribution is -0.138. The van der Waals surface area contributed by atoms with Crippen LogP contribution < -0.4 is 5.32 Å². The smallest absolute Gasteiger partial charge is 0.247 e. The van der Waals surface area contributed by atoms with E-state index in [0.29, 0.717) is 6.54 Å². The number of nitrogens with one attached hydrogen (secondary N) is 1. The maximum absolute atomic E-state index is 13.2. The van der Waals surface area contributed by atoms with E-state index in [1.165, 1.54) is 0 Å². The van der Waals surface area contributed by atoms with E-state index in [1.807, 2.05) is 60.7 Å². The molecular weight excluding hydrogens is 352 g/mol. The van der Waals surface area contributed by atoms with Crippen LogP contribution in [0.3, 0.4) is 0 Å². The second-order valence-electron chi connectivity index (χ2n) is 7.54. The Kier molecular flexibility index (Phi) is 6.47. The van der Waals surface area contributed by atoms with Gasteiger partial charge in [0.05, 0.1) is 12.0 Å². The summed E-state index contributed by atoms with van der Waals surface area (Å²) >= 11 is 0. The number of rotatable bonds is 7. The highest BCUT2D eigenvalue weighted by atomic mass is 16.3. The molecule has 1 unspecified atom stereocenters. The van der Waals surface area contributed by atoms with Crippen LogP contribution in [0.4, 0.5) is 0 Å². The second-order valence-corrected chi connectivity index (χ2v) is 7.54. The zero-order valence-electron chi connectivity index (χ0n) is 16.3. The Balaban J connectivity index is 1.72. The van der Waals surface area contributed by atoms with Crippen molar-refractivity contribution in [2.75, 3.05) is 13.7 Å². The Bertz CT molecular complexity index is 786. The van der Waals surface area contributed by atoms with E-state index in [4.69, 9.17) is 0 Å². The van der Waals surface area contributed by atoms with Gasteiger partial charge in [-0.2, -0.15) is 0 Å². The molecule has 0 bridgehead atoms. The van der Waals surface area contributed by atoms with Gasteiger partial charge in [-0.15, -0.1) is 0 Å². The molecule has 0 radical (unpaired) electrons. The summed E-state index contributed by atoms with van der Waals surface area (Å²) in [5.41, 5.74) is 1.36. The van der Waals surface area contributed by atoms with E-state index in [0.717, 1.165) is 36.8 Å². The average Bonchev–Trinajstić information content (AvgIpc) is 3.24. The van der Waals surface area contributed by atoms with Gasteiger partial charge in [-0.25, -0.2) is 0 Å². The third-order valence-corrected chi connectivity index (χ3v) is 5.64. The van der Waals surface area contributed by atoms with E-state index < -0.39 is 18.1 Å². The van der Waals surface area contributed by atoms with Crippen molar-refractivity contribution in [1.29, 1.82) is 0 Å². The summed E-state index contributed by atoms with van der Waals surface area (Å²) < 4.78 is 0. The summed E-state index contributed by atoms with van der Waals surface area (Å²) in [6.45, 7) is 0.00441. The predicted molar refractivity (Wildman–Crippen MR) is 109 cm³/mol. The number of aliphatic hydroxyl groups excluding tert-OH is 1. The zero-order chi connectivity index (χ0) is 20.0. The number of amides is 2. The SMILES string of the molecule is CN(Cc1ccccc1)C(=O)C(CO)NC(=O)C1(c2ccccc2)CCCC1. The first-order chi connectivity index (χ1) is 13.6. The highest BCUT2D eigenvalue weighted by Gasteiger charge is 2.43. The minimum atomic E-state index is -0.942. The van der Waals surface area contributed by atoms with E-state index >= 15 is 0 Å². The minimum Gasteiger partial charge on any atom is -0.394 e. The quantitative estimate of drug-likeness (QED) is 0.776. The number of carbonyl (C=O) groups is 2. The van der Waals surface area contributed by atoms with Crippen LogP contribution in [0, 0.1) is 0 Å². The van der Waals surface area contributed by atoms with E-state index in [-0.39, 0.29) is 11.8 Å². The third-order valence-electron chi connectivity index (χ3n) is 5.64. The lowest BCUT2D eigenvalue weighted by Gasteiger charge is -2.31. The number of nitrogens with zero attached hydrogens (tertiary/aromatic N) is 1. The predicted octanol–water partition coefficient (Wildman–Crippen LogP) is 2.63. The summed E-state index contributed by atoms with van der Waals surface area (Å²) in [5, 5.41) is 12.6. The highest BCUT2D eigenvalue weighted by Crippen LogP contribution is 2.41. The molecule has 1 aliphatic rings. The van der Waals surface area contributed by atoms with E-state index in [9.17, 15) is 14.7 Å². The number of benzene rings is 2. The van der Waals surface area contributed by atoms with Gasteiger partial charge in [0.1, 0.15) is 6.04 Å². The molecule has 2 aromatic rings. The molecule has 5 heteroatoms. The molecule has 1 aliphatic carbocycles. The fourth-order valence-corrected chi connectivity index (χ4v) is 4.07. The van der Waals surface area contributed by atoms with Gasteiger partial charge in [0.25, 0.3) is 0 Å². The molecular formula is C23H28N2O3. The highest BCUT2D eigenvalue weighted by molar-refractivity contribution is 5.93. The van der Waals surface area contributed by atoms with E-state index in [1.54, 1.807) is 11.9 Å². The summed E-state index contributed by atoms with van der Waals surface area (Å²) in [5.74, 6) is -0.461. The van der Waals surface area contributed by atoms with Crippen LogP contribution in [0.2, 0.25) is 0 Å². The molecule has 0 spiro atoms. The van der Waals surface area contributed by atoms with Gasteiger partial charge in [0, 0.05) is 13.6 Å². The number of aliphatic hydroxyl groups is 1. The number of carbonyl (C=O) groups excluding carboxylic acids is 2. The van der Waals surface area contributed by atoms with Crippen molar-refractivity contribution in [3.8, 4) is 0 Å². The Labute approximate surface area is 166 Å². The molecule has 1 atom stereocenters. The molecule has 0 aromatic heterocycles. The first-order valence-corrected chi connectivity index (χ1v) is 9.83. The molecule has 28 heavy (non-hydrogen) atoms. The number of hydrogen-bond acceptors (Lipinski definition) is 3. The van der Waals surface area contributed by atoms with Crippen LogP contribution in [0.1, 0.15) is 36.8 Å². The molecule has 1 fully saturated rings. The van der Waals surface area contributed by atoms with Crippen molar-refractivity contribution >= 4 is 11.8 Å². The molecule has 3 rings (SSSR count). The van der Waals surface area contributed by atoms with Gasteiger partial charge in [0.2, 0.25) is 11.8 Å². The lowest BCUT2D eigenvalue weighted by atomic mass is 9.78. The van der Waals surface area contributed by atoms with Crippen molar-refractivity contribution in [2.24, 2.45) is 0 Å². The Morgan fingerprint density at radius 1 is 1.04 bits per heavy atom. The molecule has 0 saturated heterocycles. The third kappa shape index (κ3) is 4.25. The average molecular weight is 380 g/mol. The molecule has 0 heterocycles. The molecule has 5 nitrogen and oxygen atoms in total. The van der Waals surface area contributed by atoms with Crippen molar-refractivity contribution in [3.63, 3.8) is 0 Å². The second kappa shape index (κ2) is 9.02. The largest absolute Gasteiger partial charge is 0.394 e. The van der Waals surface area contributed by atoms with Gasteiger partial charge in [-0.3, -0.25) is 9.59 Å². The van der Waals surface area contributed by atoms with Crippen molar-refractivity contribution in [1.82, 2.24) is 10.2 Å². The van der Waals surface area contributed by atoms with Gasteiger partial charge in [-0.1, -0.05) is 73.5 Å². The molecule has 148 valence electrons. The van der Waals surface area contributed by atoms with Crippen LogP contribution in [0.5, 0.6) is 0 Å². The van der Waals surface area contributed by atoms with Crippen LogP contribution in [0.15, 0.2) is 60.7 Å². The molecule has 1 saturated carbocycles. The number of hydrogen-bond donors (Lipinski definition) is 2. The minimum absolute atomic E-state index is 0.170. The monoisotopic (exact) mass is 380 g/mol. The summed E-state index contributed by atoms with van der Waals surface area (Å²) in [6.07, 6.45) is 3.48. The first-order valence-electron chi connectivity index (χ1n) is 9.83. The summed E-state index contributed by atoms with van der Waals surface area (Å²) in [7, 11) is 1.69. The van der Waals surface area contributed by atoms with Crippen LogP contribution >= 0.6 is 0 Å². The van der Waals surface area contributed by atoms with E-state index in [2.05, 4.69) is 5.32 Å². The first kappa shape index (κ1) is 20.1. The summed E-state index contributed by atoms with van der Waals surface area (Å²) in [6, 6.07) is 18.5. The van der Waals surface area contributed by atoms with Crippen LogP contribution in [0.25, 0.3) is 0 Å². The van der Waals surface area contributed by atoms with Crippen molar-refractivity contribution in [2.45, 2.75) is 43.7 Å². The van der Waals surface area contributed by atoms with Crippen molar-refractivity contribution in [3.05, 3.63) is 71.8 Å². The molecule has 2 N–H and O–H groups in total. The molecule has 0 aliphatic heterocycles. The van der Waals surface area contributed by atoms with Gasteiger partial charge >= 0.3 is 0 Å². The zero-order valence-corrected chi connectivity index (χ0v) is 16.3. The fourth-order valence-electron chi connectivity index (χ4n) is 4.07. The van der Waals surface area contributed by atoms with Gasteiger partial charge in [-0.05, 0) is 24.0 Å². The van der Waals surface area contributed by atoms with Gasteiger partial charge < -0.3 is 15.3 Å². The number of likely N-dealkylation sites (N-methyl/N-ethyl adjacent to an activating group) is 1. The van der Waals surface area contributed by atoms with Crippen LogP contribution in [-0.4, -0.2) is 41.5 Å². The topological polar surface area (TPSA) is 69.6 Å². The maximum Gasteiger partial charge on any atom is 0.247 e. The normalized spacial score (nSPS) is 16.4. The summed E-state index contributed by atoms with van der Waals surface area (Å²) in [4.78, 5) is 27.6. The maximum atomic E-state index is 13.2. The Morgan fingerprint density at radius 2 is 1.61 bits per heavy atom. The van der Waals surface area contributed by atoms with Gasteiger partial charge in [0.15, 0.2) is 0 Å². The molecule has 2 amide bonds. The fraction of sp³-hybridized carbons (Fsp3) is 0.391. The Morgan fingerprint density at radius 3 is 2.18 bits per heavy atom. The van der Waals surface area contributed by atoms with Crippen LogP contribution in [-0.2, 0) is 21.5 Å². The van der Waals surface area contributed by atoms with Crippen molar-refractivity contribution < 1.29 is 14.7 Å². The lowest BCUT2D eigenvalue weighted by Crippen LogP contribution is -2.54. The molecule has 2 aromatic carbocycles. The standard InChI is InChI=1S/C23H28N2O3/c1-25(16-18-10-4-2-5-11-18)21(27)20(17-26)24-22(28)23(14-8-9-15-23)19-12-6-3-7-13-19/h2-7,10-13,20,26H,8-9,14-17H2,1H3,(H,24,28).